The van der Waals surface area contributed by atoms with E-state index in [-0.39, 0.29) is 72.8 Å². The van der Waals surface area contributed by atoms with Gasteiger partial charge in [-0.1, -0.05) is 12.8 Å². The van der Waals surface area contributed by atoms with E-state index < -0.39 is 24.1 Å². The normalized spacial score (nSPS) is 29.2. The average Bonchev–Trinajstić information content (AvgIpc) is 2.75. The minimum atomic E-state index is -1.81. The number of carbonyl (C=O) groups excluding carboxylic acids is 2. The zero-order valence-corrected chi connectivity index (χ0v) is 21.0. The van der Waals surface area contributed by atoms with Crippen molar-refractivity contribution in [3.05, 3.63) is 0 Å². The fourth-order valence-electron chi connectivity index (χ4n) is 2.98. The molecular formula is C20H36N2O10Pt. The SMILES string of the molecule is N[C@@H]1CCCC[C@H]1N.O=C([O-])[C@H]1OCCOCCOCCOCCOCCO[C@H]1C(=O)[O-].[Pt+2]. The molecule has 1 heterocycles. The number of aliphatic carboxylic acids is 2. The van der Waals surface area contributed by atoms with Crippen molar-refractivity contribution in [1.29, 1.82) is 0 Å². The van der Waals surface area contributed by atoms with E-state index in [1.54, 1.807) is 0 Å². The van der Waals surface area contributed by atoms with Gasteiger partial charge in [-0.3, -0.25) is 0 Å². The van der Waals surface area contributed by atoms with Crippen LogP contribution in [0, 0.1) is 0 Å². The molecule has 33 heavy (non-hydrogen) atoms. The zero-order valence-electron chi connectivity index (χ0n) is 18.8. The predicted molar refractivity (Wildman–Crippen MR) is 107 cm³/mol. The van der Waals surface area contributed by atoms with Crippen molar-refractivity contribution in [2.45, 2.75) is 50.0 Å². The van der Waals surface area contributed by atoms with Crippen molar-refractivity contribution in [2.75, 3.05) is 66.1 Å². The van der Waals surface area contributed by atoms with Crippen molar-refractivity contribution in [3.63, 3.8) is 0 Å². The average molecular weight is 660 g/mol. The summed E-state index contributed by atoms with van der Waals surface area (Å²) < 4.78 is 30.8. The maximum atomic E-state index is 11.1. The largest absolute Gasteiger partial charge is 2.00 e. The van der Waals surface area contributed by atoms with Crippen LogP contribution in [0.4, 0.5) is 0 Å². The van der Waals surface area contributed by atoms with Crippen molar-refractivity contribution < 1.29 is 69.3 Å². The molecule has 0 radical (unpaired) electrons. The van der Waals surface area contributed by atoms with E-state index in [0.717, 1.165) is 12.8 Å². The molecule has 0 bridgehead atoms. The number of hydrogen-bond acceptors (Lipinski definition) is 12. The van der Waals surface area contributed by atoms with Gasteiger partial charge in [0.1, 0.15) is 12.2 Å². The Morgan fingerprint density at radius 2 is 0.848 bits per heavy atom. The van der Waals surface area contributed by atoms with Crippen molar-refractivity contribution in [3.8, 4) is 0 Å². The summed E-state index contributed by atoms with van der Waals surface area (Å²) >= 11 is 0. The van der Waals surface area contributed by atoms with Crippen LogP contribution < -0.4 is 21.7 Å². The predicted octanol–water partition coefficient (Wildman–Crippen LogP) is -3.45. The molecule has 0 aromatic heterocycles. The quantitative estimate of drug-likeness (QED) is 0.299. The number of carboxylic acids is 2. The Labute approximate surface area is 208 Å². The Morgan fingerprint density at radius 3 is 1.09 bits per heavy atom. The van der Waals surface area contributed by atoms with Crippen LogP contribution in [0.1, 0.15) is 25.7 Å². The van der Waals surface area contributed by atoms with Crippen molar-refractivity contribution >= 4 is 11.9 Å². The van der Waals surface area contributed by atoms with Crippen LogP contribution in [0.15, 0.2) is 0 Å². The number of rotatable bonds is 2. The van der Waals surface area contributed by atoms with E-state index in [4.69, 9.17) is 39.9 Å². The van der Waals surface area contributed by atoms with Gasteiger partial charge >= 0.3 is 21.1 Å². The first-order valence-electron chi connectivity index (χ1n) is 10.9. The molecule has 2 rings (SSSR count). The molecule has 2 aliphatic rings. The Bertz CT molecular complexity index is 473. The first kappa shape index (κ1) is 32.3. The Kier molecular flexibility index (Phi) is 20.2. The summed E-state index contributed by atoms with van der Waals surface area (Å²) in [4.78, 5) is 22.2. The molecule has 0 aromatic rings. The Morgan fingerprint density at radius 1 is 0.576 bits per heavy atom. The van der Waals surface area contributed by atoms with Gasteiger partial charge in [0.2, 0.25) is 0 Å². The van der Waals surface area contributed by atoms with Crippen LogP contribution in [0.25, 0.3) is 0 Å². The second-order valence-electron chi connectivity index (χ2n) is 7.28. The van der Waals surface area contributed by atoms with Crippen molar-refractivity contribution in [2.24, 2.45) is 11.5 Å². The number of carboxylic acid groups (broad SMARTS) is 2. The van der Waals surface area contributed by atoms with Gasteiger partial charge in [0, 0.05) is 12.1 Å². The number of ether oxygens (including phenoxy) is 6. The van der Waals surface area contributed by atoms with Crippen LogP contribution in [0.2, 0.25) is 0 Å². The molecule has 13 heteroatoms. The summed E-state index contributed by atoms with van der Waals surface area (Å²) in [5.41, 5.74) is 11.3. The van der Waals surface area contributed by atoms with E-state index in [2.05, 4.69) is 0 Å². The summed E-state index contributed by atoms with van der Waals surface area (Å²) in [5.74, 6) is -3.42. The van der Waals surface area contributed by atoms with Gasteiger partial charge in [-0.15, -0.1) is 0 Å². The first-order chi connectivity index (χ1) is 15.4. The van der Waals surface area contributed by atoms with Gasteiger partial charge in [-0.25, -0.2) is 0 Å². The molecule has 1 aliphatic carbocycles. The van der Waals surface area contributed by atoms with Crippen LogP contribution in [0.3, 0.4) is 0 Å². The molecule has 196 valence electrons. The molecule has 0 spiro atoms. The fraction of sp³-hybridized carbons (Fsp3) is 0.900. The van der Waals surface area contributed by atoms with Gasteiger partial charge in [-0.05, 0) is 12.8 Å². The number of hydrogen-bond donors (Lipinski definition) is 2. The topological polar surface area (TPSA) is 188 Å². The van der Waals surface area contributed by atoms with Crippen LogP contribution in [0.5, 0.6) is 0 Å². The number of nitrogens with two attached hydrogens (primary N) is 2. The molecular weight excluding hydrogens is 623 g/mol. The summed E-state index contributed by atoms with van der Waals surface area (Å²) in [7, 11) is 0. The second kappa shape index (κ2) is 20.7. The molecule has 4 atom stereocenters. The molecule has 1 saturated carbocycles. The standard InChI is InChI=1S/C14H24O10.C6H14N2.Pt/c15-13(16)11-12(14(17)18)24-10-8-22-6-4-20-2-1-19-3-5-21-7-9-23-11;7-5-3-1-2-4-6(5)8;/h11-12H,1-10H2,(H,15,16)(H,17,18);5-6H,1-4,7-8H2;/q;;+2/p-2/t11-,12+;5-,6-;/m.1./s1. The summed E-state index contributed by atoms with van der Waals surface area (Å²) in [6.45, 7) is 1.91. The van der Waals surface area contributed by atoms with Crippen LogP contribution in [-0.4, -0.2) is 102 Å². The van der Waals surface area contributed by atoms with Crippen LogP contribution in [-0.2, 0) is 59.1 Å². The number of carbonyl (C=O) groups is 2. The third-order valence-corrected chi connectivity index (χ3v) is 4.78. The zero-order chi connectivity index (χ0) is 23.6. The van der Waals surface area contributed by atoms with E-state index >= 15 is 0 Å². The third-order valence-electron chi connectivity index (χ3n) is 4.78. The third kappa shape index (κ3) is 15.8. The summed E-state index contributed by atoms with van der Waals surface area (Å²) in [5, 5.41) is 22.2. The molecule has 0 amide bonds. The molecule has 1 saturated heterocycles. The maximum Gasteiger partial charge on any atom is 2.00 e. The molecule has 2 fully saturated rings. The monoisotopic (exact) mass is 659 g/mol. The fourth-order valence-corrected chi connectivity index (χ4v) is 2.98. The van der Waals surface area contributed by atoms with E-state index in [1.165, 1.54) is 12.8 Å². The van der Waals surface area contributed by atoms with Gasteiger partial charge in [-0.2, -0.15) is 0 Å². The van der Waals surface area contributed by atoms with Gasteiger partial charge in [0.25, 0.3) is 0 Å². The summed E-state index contributed by atoms with van der Waals surface area (Å²) in [6.07, 6.45) is 1.18. The minimum Gasteiger partial charge on any atom is -0.547 e. The molecule has 0 unspecified atom stereocenters. The molecule has 1 aliphatic heterocycles. The Balaban J connectivity index is 0.000000956. The van der Waals surface area contributed by atoms with E-state index in [1.807, 2.05) is 0 Å². The van der Waals surface area contributed by atoms with E-state index in [0.29, 0.717) is 26.4 Å². The molecule has 12 nitrogen and oxygen atoms in total. The summed E-state index contributed by atoms with van der Waals surface area (Å²) in [6, 6.07) is 0.562. The minimum absolute atomic E-state index is 0. The van der Waals surface area contributed by atoms with Gasteiger partial charge < -0.3 is 59.7 Å². The molecule has 0 aromatic carbocycles. The van der Waals surface area contributed by atoms with E-state index in [9.17, 15) is 19.8 Å². The molecule has 4 N–H and O–H groups in total. The van der Waals surface area contributed by atoms with Gasteiger partial charge in [0.05, 0.1) is 78.0 Å². The first-order valence-corrected chi connectivity index (χ1v) is 10.9. The maximum absolute atomic E-state index is 11.1. The second-order valence-corrected chi connectivity index (χ2v) is 7.28. The van der Waals surface area contributed by atoms with Crippen molar-refractivity contribution in [1.82, 2.24) is 0 Å². The smallest absolute Gasteiger partial charge is 0.547 e. The Hall–Kier alpha value is -0.692. The van der Waals surface area contributed by atoms with Crippen LogP contribution >= 0.6 is 0 Å². The van der Waals surface area contributed by atoms with Gasteiger partial charge in [0.15, 0.2) is 0 Å².